The number of sulfone groups is 1. The molecule has 0 heterocycles. The van der Waals surface area contributed by atoms with Crippen LogP contribution in [0.4, 0.5) is 4.39 Å². The van der Waals surface area contributed by atoms with E-state index in [0.717, 1.165) is 18.4 Å². The largest absolute Gasteiger partial charge is 0.243 e. The minimum Gasteiger partial charge on any atom is -0.229 e. The first-order valence-corrected chi connectivity index (χ1v) is 9.08. The van der Waals surface area contributed by atoms with E-state index in [1.165, 1.54) is 6.07 Å². The van der Waals surface area contributed by atoms with Crippen LogP contribution in [0.5, 0.6) is 0 Å². The normalized spacial score (nSPS) is 12.6. The van der Waals surface area contributed by atoms with Gasteiger partial charge in [-0.3, -0.25) is 0 Å². The van der Waals surface area contributed by atoms with Crippen molar-refractivity contribution in [3.63, 3.8) is 0 Å². The minimum atomic E-state index is -4.04. The highest BCUT2D eigenvalue weighted by atomic mass is 79.9. The molecule has 0 atom stereocenters. The summed E-state index contributed by atoms with van der Waals surface area (Å²) in [5.41, 5.74) is 0. The van der Waals surface area contributed by atoms with Gasteiger partial charge in [0.15, 0.2) is 0 Å². The minimum absolute atomic E-state index is 0.295. The van der Waals surface area contributed by atoms with Crippen molar-refractivity contribution in [2.24, 2.45) is 0 Å². The Morgan fingerprint density at radius 1 is 1.28 bits per heavy atom. The Kier molecular flexibility index (Phi) is 4.87. The van der Waals surface area contributed by atoms with Crippen LogP contribution in [-0.2, 0) is 19.9 Å². The highest BCUT2D eigenvalue weighted by molar-refractivity contribution is 9.10. The molecule has 5 nitrogen and oxygen atoms in total. The number of sulfonamides is 1. The second-order valence-corrected chi connectivity index (χ2v) is 8.51. The van der Waals surface area contributed by atoms with E-state index in [4.69, 9.17) is 0 Å². The van der Waals surface area contributed by atoms with Crippen molar-refractivity contribution in [1.29, 1.82) is 0 Å². The fraction of sp³-hybridized carbons (Fsp3) is 0.333. The van der Waals surface area contributed by atoms with Crippen molar-refractivity contribution < 1.29 is 21.2 Å². The molecule has 1 rings (SSSR count). The van der Waals surface area contributed by atoms with E-state index in [9.17, 15) is 21.2 Å². The lowest BCUT2D eigenvalue weighted by Gasteiger charge is -2.07. The van der Waals surface area contributed by atoms with Crippen LogP contribution in [0.2, 0.25) is 0 Å². The molecule has 0 saturated heterocycles. The Hall–Kier alpha value is -0.510. The Morgan fingerprint density at radius 3 is 2.39 bits per heavy atom. The maximum atomic E-state index is 13.4. The molecular weight excluding hydrogens is 349 g/mol. The first kappa shape index (κ1) is 15.5. The zero-order chi connectivity index (χ0) is 14.0. The van der Waals surface area contributed by atoms with E-state index in [1.807, 2.05) is 4.72 Å². The number of rotatable bonds is 5. The summed E-state index contributed by atoms with van der Waals surface area (Å²) in [5, 5.41) is 0. The summed E-state index contributed by atoms with van der Waals surface area (Å²) in [6, 6.07) is 3.50. The lowest BCUT2D eigenvalue weighted by molar-refractivity contribution is 0.558. The van der Waals surface area contributed by atoms with Crippen molar-refractivity contribution in [1.82, 2.24) is 4.72 Å². The van der Waals surface area contributed by atoms with E-state index >= 15 is 0 Å². The molecule has 18 heavy (non-hydrogen) atoms. The molecule has 0 fully saturated rings. The summed E-state index contributed by atoms with van der Waals surface area (Å²) in [5.74, 6) is -1.25. The predicted octanol–water partition coefficient (Wildman–Crippen LogP) is 0.911. The highest BCUT2D eigenvalue weighted by Gasteiger charge is 2.19. The molecule has 0 bridgehead atoms. The molecule has 1 aromatic carbocycles. The summed E-state index contributed by atoms with van der Waals surface area (Å²) in [6.45, 7) is -0.295. The fourth-order valence-electron chi connectivity index (χ4n) is 1.13. The third-order valence-corrected chi connectivity index (χ3v) is 4.88. The quantitative estimate of drug-likeness (QED) is 0.847. The number of hydrogen-bond donors (Lipinski definition) is 1. The van der Waals surface area contributed by atoms with Gasteiger partial charge in [0.05, 0.1) is 5.75 Å². The molecule has 1 N–H and O–H groups in total. The molecule has 0 amide bonds. The van der Waals surface area contributed by atoms with Crippen LogP contribution < -0.4 is 4.72 Å². The summed E-state index contributed by atoms with van der Waals surface area (Å²) in [4.78, 5) is -0.515. The Balaban J connectivity index is 2.87. The first-order valence-electron chi connectivity index (χ1n) is 4.74. The summed E-state index contributed by atoms with van der Waals surface area (Å²) >= 11 is 3.01. The number of nitrogens with one attached hydrogen (secondary N) is 1. The molecule has 1 aromatic rings. The molecule has 0 aromatic heterocycles. The van der Waals surface area contributed by atoms with E-state index in [2.05, 4.69) is 15.9 Å². The first-order chi connectivity index (χ1) is 8.12. The van der Waals surface area contributed by atoms with Crippen LogP contribution >= 0.6 is 15.9 Å². The second kappa shape index (κ2) is 5.64. The van der Waals surface area contributed by atoms with Crippen LogP contribution in [0.25, 0.3) is 0 Å². The SMILES string of the molecule is CS(=O)(=O)CCNS(=O)(=O)c1ccc(Br)cc1F. The third kappa shape index (κ3) is 4.63. The summed E-state index contributed by atoms with van der Waals surface area (Å²) < 4.78 is 61.0. The molecule has 0 spiro atoms. The molecular formula is C9H11BrFNO4S2. The Morgan fingerprint density at radius 2 is 1.89 bits per heavy atom. The van der Waals surface area contributed by atoms with Crippen LogP contribution in [0.15, 0.2) is 27.6 Å². The topological polar surface area (TPSA) is 80.3 Å². The predicted molar refractivity (Wildman–Crippen MR) is 69.0 cm³/mol. The number of hydrogen-bond acceptors (Lipinski definition) is 4. The van der Waals surface area contributed by atoms with Crippen molar-refractivity contribution >= 4 is 35.8 Å². The Bertz CT molecular complexity index is 643. The van der Waals surface area contributed by atoms with Gasteiger partial charge in [-0.15, -0.1) is 0 Å². The zero-order valence-electron chi connectivity index (χ0n) is 9.35. The number of halogens is 2. The third-order valence-electron chi connectivity index (χ3n) is 1.95. The molecule has 0 aliphatic rings. The Labute approximate surface area is 113 Å². The van der Waals surface area contributed by atoms with Gasteiger partial charge < -0.3 is 0 Å². The van der Waals surface area contributed by atoms with Crippen LogP contribution in [0.3, 0.4) is 0 Å². The van der Waals surface area contributed by atoms with Gasteiger partial charge in [0, 0.05) is 17.3 Å². The van der Waals surface area contributed by atoms with Gasteiger partial charge in [-0.25, -0.2) is 25.9 Å². The average Bonchev–Trinajstić information content (AvgIpc) is 2.13. The zero-order valence-corrected chi connectivity index (χ0v) is 12.6. The maximum Gasteiger partial charge on any atom is 0.243 e. The highest BCUT2D eigenvalue weighted by Crippen LogP contribution is 2.19. The molecule has 0 aliphatic carbocycles. The molecule has 9 heteroatoms. The molecule has 0 saturated carbocycles. The monoisotopic (exact) mass is 359 g/mol. The van der Waals surface area contributed by atoms with Gasteiger partial charge in [0.2, 0.25) is 10.0 Å². The van der Waals surface area contributed by atoms with Gasteiger partial charge in [-0.2, -0.15) is 0 Å². The lowest BCUT2D eigenvalue weighted by atomic mass is 10.3. The van der Waals surface area contributed by atoms with Gasteiger partial charge in [-0.05, 0) is 18.2 Å². The van der Waals surface area contributed by atoms with E-state index in [-0.39, 0.29) is 12.3 Å². The molecule has 102 valence electrons. The average molecular weight is 360 g/mol. The molecule has 0 aliphatic heterocycles. The smallest absolute Gasteiger partial charge is 0.229 e. The van der Waals surface area contributed by atoms with Gasteiger partial charge >= 0.3 is 0 Å². The standard InChI is InChI=1S/C9H11BrFNO4S2/c1-17(13,14)5-4-12-18(15,16)9-3-2-7(10)6-8(9)11/h2-3,6,12H,4-5H2,1H3. The summed E-state index contributed by atoms with van der Waals surface area (Å²) in [7, 11) is -7.31. The van der Waals surface area contributed by atoms with Gasteiger partial charge in [-0.1, -0.05) is 15.9 Å². The second-order valence-electron chi connectivity index (χ2n) is 3.60. The van der Waals surface area contributed by atoms with Crippen molar-refractivity contribution in [3.8, 4) is 0 Å². The van der Waals surface area contributed by atoms with Crippen molar-refractivity contribution in [2.75, 3.05) is 18.6 Å². The van der Waals surface area contributed by atoms with E-state index in [1.54, 1.807) is 0 Å². The lowest BCUT2D eigenvalue weighted by Crippen LogP contribution is -2.29. The van der Waals surface area contributed by atoms with Crippen LogP contribution in [-0.4, -0.2) is 35.4 Å². The molecule has 0 unspecified atom stereocenters. The van der Waals surface area contributed by atoms with Crippen molar-refractivity contribution in [3.05, 3.63) is 28.5 Å². The van der Waals surface area contributed by atoms with Crippen molar-refractivity contribution in [2.45, 2.75) is 4.90 Å². The number of benzene rings is 1. The van der Waals surface area contributed by atoms with E-state index < -0.39 is 30.6 Å². The van der Waals surface area contributed by atoms with Gasteiger partial charge in [0.25, 0.3) is 0 Å². The summed E-state index contributed by atoms with van der Waals surface area (Å²) in [6.07, 6.45) is 0.988. The van der Waals surface area contributed by atoms with Crippen LogP contribution in [0, 0.1) is 5.82 Å². The van der Waals surface area contributed by atoms with E-state index in [0.29, 0.717) is 4.47 Å². The fourth-order valence-corrected chi connectivity index (χ4v) is 3.16. The van der Waals surface area contributed by atoms with Gasteiger partial charge in [0.1, 0.15) is 20.5 Å². The van der Waals surface area contributed by atoms with Crippen LogP contribution in [0.1, 0.15) is 0 Å². The molecule has 0 radical (unpaired) electrons. The maximum absolute atomic E-state index is 13.4.